The van der Waals surface area contributed by atoms with Gasteiger partial charge in [-0.1, -0.05) is 74.2 Å². The molecular weight excluding hydrogens is 542 g/mol. The van der Waals surface area contributed by atoms with Gasteiger partial charge in [-0.15, -0.1) is 0 Å². The number of aliphatic hydroxyl groups excluding tert-OH is 1. The van der Waals surface area contributed by atoms with Crippen molar-refractivity contribution in [3.8, 4) is 11.1 Å². The number of amides is 1. The van der Waals surface area contributed by atoms with Gasteiger partial charge in [0.1, 0.15) is 0 Å². The van der Waals surface area contributed by atoms with E-state index in [4.69, 9.17) is 9.72 Å². The minimum Gasteiger partial charge on any atom is -0.396 e. The molecule has 1 amide bonds. The first kappa shape index (κ1) is 30.1. The summed E-state index contributed by atoms with van der Waals surface area (Å²) in [4.78, 5) is 32.1. The standard InChI is InChI=1S/C33H43N5O3Si/c1-37-17-19-38(20-18-37)32(40)33(27-13-6-5-7-14-27,41-22-23-42(2,3)4)31-35-29-28(15-16-34-30(29)36-31)26-12-8-10-25(24-26)11-9-21-39/h5-8,10,12-16,24,39H,9,11,17-23H2,1-4H3,(H,34,35,36). The Morgan fingerprint density at radius 3 is 2.52 bits per heavy atom. The highest BCUT2D eigenvalue weighted by molar-refractivity contribution is 6.76. The van der Waals surface area contributed by atoms with Gasteiger partial charge >= 0.3 is 0 Å². The zero-order chi connectivity index (χ0) is 29.7. The number of likely N-dealkylation sites (N-methyl/N-ethyl adjacent to an activating group) is 1. The van der Waals surface area contributed by atoms with Gasteiger partial charge in [0, 0.05) is 64.8 Å². The first-order valence-corrected chi connectivity index (χ1v) is 18.6. The number of carbonyl (C=O) groups is 1. The second-order valence-electron chi connectivity index (χ2n) is 12.5. The molecule has 2 aromatic carbocycles. The number of ether oxygens (including phenoxy) is 1. The lowest BCUT2D eigenvalue weighted by molar-refractivity contribution is -0.156. The van der Waals surface area contributed by atoms with Gasteiger partial charge in [0.15, 0.2) is 11.5 Å². The van der Waals surface area contributed by atoms with Crippen molar-refractivity contribution < 1.29 is 14.6 Å². The topological polar surface area (TPSA) is 94.6 Å². The Morgan fingerprint density at radius 2 is 1.81 bits per heavy atom. The molecule has 42 heavy (non-hydrogen) atoms. The molecule has 9 heteroatoms. The zero-order valence-corrected chi connectivity index (χ0v) is 26.3. The van der Waals surface area contributed by atoms with Crippen LogP contribution in [0.3, 0.4) is 0 Å². The van der Waals surface area contributed by atoms with Gasteiger partial charge in [-0.25, -0.2) is 9.97 Å². The van der Waals surface area contributed by atoms with E-state index in [0.717, 1.165) is 53.3 Å². The van der Waals surface area contributed by atoms with Crippen LogP contribution < -0.4 is 0 Å². The number of imidazole rings is 1. The van der Waals surface area contributed by atoms with Gasteiger partial charge in [0.05, 0.1) is 5.52 Å². The predicted molar refractivity (Wildman–Crippen MR) is 170 cm³/mol. The Morgan fingerprint density at radius 1 is 1.05 bits per heavy atom. The Hall–Kier alpha value is -3.37. The third-order valence-corrected chi connectivity index (χ3v) is 9.73. The molecule has 2 aromatic heterocycles. The van der Waals surface area contributed by atoms with E-state index < -0.39 is 13.7 Å². The average Bonchev–Trinajstić information content (AvgIpc) is 3.43. The van der Waals surface area contributed by atoms with Crippen molar-refractivity contribution in [1.29, 1.82) is 0 Å². The number of piperazine rings is 1. The minimum absolute atomic E-state index is 0.0935. The number of nitrogens with zero attached hydrogens (tertiary/aromatic N) is 4. The summed E-state index contributed by atoms with van der Waals surface area (Å²) in [5, 5.41) is 9.32. The van der Waals surface area contributed by atoms with E-state index in [-0.39, 0.29) is 12.5 Å². The summed E-state index contributed by atoms with van der Waals surface area (Å²) in [7, 11) is 0.628. The molecule has 1 atom stereocenters. The van der Waals surface area contributed by atoms with E-state index in [2.05, 4.69) is 59.8 Å². The van der Waals surface area contributed by atoms with Gasteiger partial charge in [-0.2, -0.15) is 0 Å². The van der Waals surface area contributed by atoms with Crippen LogP contribution in [0.2, 0.25) is 25.7 Å². The zero-order valence-electron chi connectivity index (χ0n) is 25.3. The van der Waals surface area contributed by atoms with Crippen LogP contribution in [-0.2, 0) is 21.6 Å². The van der Waals surface area contributed by atoms with Crippen molar-refractivity contribution in [2.45, 2.75) is 44.1 Å². The summed E-state index contributed by atoms with van der Waals surface area (Å²) < 4.78 is 6.84. The minimum atomic E-state index is -1.46. The second-order valence-corrected chi connectivity index (χ2v) is 18.1. The van der Waals surface area contributed by atoms with Crippen LogP contribution in [0.1, 0.15) is 23.4 Å². The van der Waals surface area contributed by atoms with Crippen molar-refractivity contribution in [3.05, 3.63) is 83.8 Å². The van der Waals surface area contributed by atoms with Gasteiger partial charge in [-0.3, -0.25) is 4.79 Å². The Bertz CT molecular complexity index is 1490. The number of hydrogen-bond donors (Lipinski definition) is 2. The van der Waals surface area contributed by atoms with E-state index in [1.54, 1.807) is 6.20 Å². The first-order chi connectivity index (χ1) is 20.2. The fourth-order valence-electron chi connectivity index (χ4n) is 5.49. The molecule has 3 heterocycles. The van der Waals surface area contributed by atoms with E-state index in [9.17, 15) is 9.90 Å². The van der Waals surface area contributed by atoms with Crippen LogP contribution in [0.5, 0.6) is 0 Å². The molecule has 1 fully saturated rings. The number of fused-ring (bicyclic) bond motifs is 1. The Balaban J connectivity index is 1.66. The number of H-pyrrole nitrogens is 1. The summed E-state index contributed by atoms with van der Waals surface area (Å²) in [6.07, 6.45) is 3.28. The fourth-order valence-corrected chi connectivity index (χ4v) is 6.20. The number of hydrogen-bond acceptors (Lipinski definition) is 6. The molecule has 0 bridgehead atoms. The van der Waals surface area contributed by atoms with Gasteiger partial charge in [0.2, 0.25) is 5.60 Å². The third-order valence-electron chi connectivity index (χ3n) is 8.03. The fraction of sp³-hybridized carbons (Fsp3) is 0.424. The SMILES string of the molecule is CN1CCN(C(=O)C(OCC[Si](C)(C)C)(c2ccccc2)c2nc3nccc(-c4cccc(CCCO)c4)c3[nH]2)CC1. The van der Waals surface area contributed by atoms with Crippen LogP contribution in [0.15, 0.2) is 66.9 Å². The highest BCUT2D eigenvalue weighted by atomic mass is 28.3. The molecule has 4 aromatic rings. The molecule has 2 N–H and O–H groups in total. The molecule has 0 spiro atoms. The maximum atomic E-state index is 14.8. The monoisotopic (exact) mass is 585 g/mol. The number of aromatic nitrogens is 3. The number of nitrogens with one attached hydrogen (secondary N) is 1. The molecule has 1 aliphatic rings. The highest BCUT2D eigenvalue weighted by Gasteiger charge is 2.49. The number of aryl methyl sites for hydroxylation is 1. The van der Waals surface area contributed by atoms with Crippen LogP contribution in [0.25, 0.3) is 22.3 Å². The van der Waals surface area contributed by atoms with Gasteiger partial charge in [0.25, 0.3) is 5.91 Å². The molecule has 222 valence electrons. The Labute approximate surface area is 249 Å². The quantitative estimate of drug-likeness (QED) is 0.243. The molecule has 1 aliphatic heterocycles. The lowest BCUT2D eigenvalue weighted by Gasteiger charge is -2.40. The second kappa shape index (κ2) is 12.9. The van der Waals surface area contributed by atoms with Crippen molar-refractivity contribution in [2.24, 2.45) is 0 Å². The van der Waals surface area contributed by atoms with E-state index >= 15 is 0 Å². The molecule has 8 nitrogen and oxygen atoms in total. The lowest BCUT2D eigenvalue weighted by Crippen LogP contribution is -2.55. The highest BCUT2D eigenvalue weighted by Crippen LogP contribution is 2.38. The molecule has 1 unspecified atom stereocenters. The summed E-state index contributed by atoms with van der Waals surface area (Å²) in [5.74, 6) is 0.364. The first-order valence-electron chi connectivity index (χ1n) is 14.9. The van der Waals surface area contributed by atoms with Gasteiger partial charge in [-0.05, 0) is 43.1 Å². The largest absolute Gasteiger partial charge is 0.396 e. The molecule has 1 saturated heterocycles. The van der Waals surface area contributed by atoms with E-state index in [1.165, 1.54) is 0 Å². The van der Waals surface area contributed by atoms with Crippen molar-refractivity contribution >= 4 is 25.1 Å². The number of carbonyl (C=O) groups excluding carboxylic acids is 1. The lowest BCUT2D eigenvalue weighted by atomic mass is 9.90. The van der Waals surface area contributed by atoms with Crippen LogP contribution in [0.4, 0.5) is 0 Å². The normalized spacial score (nSPS) is 16.1. The summed E-state index contributed by atoms with van der Waals surface area (Å²) >= 11 is 0. The van der Waals surface area contributed by atoms with Gasteiger partial charge < -0.3 is 24.6 Å². The van der Waals surface area contributed by atoms with Crippen LogP contribution >= 0.6 is 0 Å². The number of pyridine rings is 1. The average molecular weight is 586 g/mol. The Kier molecular flexibility index (Phi) is 9.22. The number of rotatable bonds is 11. The van der Waals surface area contributed by atoms with Crippen molar-refractivity contribution in [2.75, 3.05) is 46.4 Å². The summed E-state index contributed by atoms with van der Waals surface area (Å²) in [5.41, 5.74) is 3.79. The van der Waals surface area contributed by atoms with E-state index in [1.807, 2.05) is 47.4 Å². The predicted octanol–water partition coefficient (Wildman–Crippen LogP) is 4.92. The smallest absolute Gasteiger partial charge is 0.267 e. The maximum absolute atomic E-state index is 14.8. The maximum Gasteiger partial charge on any atom is 0.267 e. The summed E-state index contributed by atoms with van der Waals surface area (Å²) in [6.45, 7) is 10.4. The number of aliphatic hydroxyl groups is 1. The number of aromatic amines is 1. The van der Waals surface area contributed by atoms with Crippen LogP contribution in [-0.4, -0.2) is 90.3 Å². The summed E-state index contributed by atoms with van der Waals surface area (Å²) in [6, 6.07) is 21.0. The molecular formula is C33H43N5O3Si. The number of benzene rings is 2. The van der Waals surface area contributed by atoms with Crippen molar-refractivity contribution in [1.82, 2.24) is 24.8 Å². The van der Waals surface area contributed by atoms with E-state index in [0.29, 0.717) is 37.6 Å². The third kappa shape index (κ3) is 6.49. The molecule has 0 aliphatic carbocycles. The molecule has 0 saturated carbocycles. The van der Waals surface area contributed by atoms with Crippen molar-refractivity contribution in [3.63, 3.8) is 0 Å². The molecule has 0 radical (unpaired) electrons. The molecule has 5 rings (SSSR count). The van der Waals surface area contributed by atoms with Crippen LogP contribution in [0, 0.1) is 0 Å².